The van der Waals surface area contributed by atoms with Gasteiger partial charge >= 0.3 is 0 Å². The maximum Gasteiger partial charge on any atom is 0.180 e. The third-order valence-electron chi connectivity index (χ3n) is 2.62. The Morgan fingerprint density at radius 2 is 2.17 bits per heavy atom. The van der Waals surface area contributed by atoms with Gasteiger partial charge in [-0.25, -0.2) is 9.97 Å². The molecule has 3 rings (SSSR count). The van der Waals surface area contributed by atoms with Gasteiger partial charge in [-0.2, -0.15) is 0 Å². The Bertz CT molecular complexity index is 564. The van der Waals surface area contributed by atoms with E-state index < -0.39 is 0 Å². The van der Waals surface area contributed by atoms with E-state index >= 15 is 0 Å². The summed E-state index contributed by atoms with van der Waals surface area (Å²) in [6.45, 7) is 1.95. The molecule has 0 aromatic carbocycles. The Labute approximate surface area is 113 Å². The zero-order valence-corrected chi connectivity index (χ0v) is 11.8. The zero-order chi connectivity index (χ0) is 12.5. The van der Waals surface area contributed by atoms with Crippen molar-refractivity contribution in [3.63, 3.8) is 0 Å². The molecule has 1 fully saturated rings. The first-order chi connectivity index (χ1) is 8.74. The highest BCUT2D eigenvalue weighted by Crippen LogP contribution is 2.39. The second kappa shape index (κ2) is 4.81. The third kappa shape index (κ3) is 2.62. The first-order valence-electron chi connectivity index (χ1n) is 5.79. The van der Waals surface area contributed by atoms with E-state index in [0.717, 1.165) is 26.0 Å². The lowest BCUT2D eigenvalue weighted by atomic mass is 10.4. The first-order valence-corrected chi connectivity index (χ1v) is 7.42. The van der Waals surface area contributed by atoms with Crippen molar-refractivity contribution in [1.29, 1.82) is 0 Å². The second-order valence-electron chi connectivity index (χ2n) is 4.16. The van der Waals surface area contributed by atoms with Gasteiger partial charge in [0.15, 0.2) is 4.34 Å². The molecule has 0 amide bonds. The van der Waals surface area contributed by atoms with Crippen molar-refractivity contribution in [2.24, 2.45) is 0 Å². The molecule has 0 unspecified atom stereocenters. The molecule has 18 heavy (non-hydrogen) atoms. The number of hydrogen-bond acceptors (Lipinski definition) is 7. The molecule has 1 aliphatic carbocycles. The predicted molar refractivity (Wildman–Crippen MR) is 72.3 cm³/mol. The van der Waals surface area contributed by atoms with Crippen LogP contribution in [0, 0.1) is 6.92 Å². The fraction of sp³-hybridized carbons (Fsp3) is 0.455. The summed E-state index contributed by atoms with van der Waals surface area (Å²) in [7, 11) is 1.88. The summed E-state index contributed by atoms with van der Waals surface area (Å²) >= 11 is 3.14. The number of aromatic nitrogens is 4. The number of nitrogens with one attached hydrogen (secondary N) is 1. The summed E-state index contributed by atoms with van der Waals surface area (Å²) in [6.07, 6.45) is 2.41. The lowest BCUT2D eigenvalue weighted by molar-refractivity contribution is 0.879. The minimum atomic E-state index is 0.550. The van der Waals surface area contributed by atoms with Gasteiger partial charge in [0, 0.05) is 19.0 Å². The molecule has 0 bridgehead atoms. The fourth-order valence-electron chi connectivity index (χ4n) is 1.56. The minimum Gasteiger partial charge on any atom is -0.373 e. The normalized spacial score (nSPS) is 14.8. The Morgan fingerprint density at radius 3 is 2.78 bits per heavy atom. The van der Waals surface area contributed by atoms with E-state index in [4.69, 9.17) is 0 Å². The van der Waals surface area contributed by atoms with Crippen molar-refractivity contribution >= 4 is 28.9 Å². The van der Waals surface area contributed by atoms with Gasteiger partial charge in [-0.15, -0.1) is 10.2 Å². The van der Waals surface area contributed by atoms with Gasteiger partial charge in [0.1, 0.15) is 21.7 Å². The van der Waals surface area contributed by atoms with Crippen molar-refractivity contribution in [3.05, 3.63) is 16.9 Å². The SMILES string of the molecule is CNc1cc(Sc2nnc(C)s2)nc(C2CC2)n1. The van der Waals surface area contributed by atoms with Crippen LogP contribution in [0.1, 0.15) is 29.6 Å². The maximum atomic E-state index is 4.60. The first kappa shape index (κ1) is 11.9. The van der Waals surface area contributed by atoms with E-state index in [1.165, 1.54) is 12.8 Å². The number of hydrogen-bond donors (Lipinski definition) is 1. The smallest absolute Gasteiger partial charge is 0.180 e. The quantitative estimate of drug-likeness (QED) is 0.868. The maximum absolute atomic E-state index is 4.60. The van der Waals surface area contributed by atoms with Crippen LogP contribution >= 0.6 is 23.1 Å². The van der Waals surface area contributed by atoms with Crippen molar-refractivity contribution < 1.29 is 0 Å². The van der Waals surface area contributed by atoms with Crippen LogP contribution in [-0.4, -0.2) is 27.2 Å². The third-order valence-corrected chi connectivity index (χ3v) is 4.43. The predicted octanol–water partition coefficient (Wildman–Crippen LogP) is 2.71. The topological polar surface area (TPSA) is 63.6 Å². The van der Waals surface area contributed by atoms with Crippen LogP contribution in [0.5, 0.6) is 0 Å². The van der Waals surface area contributed by atoms with Crippen LogP contribution in [0.25, 0.3) is 0 Å². The van der Waals surface area contributed by atoms with Gasteiger partial charge in [0.25, 0.3) is 0 Å². The van der Waals surface area contributed by atoms with E-state index in [-0.39, 0.29) is 0 Å². The van der Waals surface area contributed by atoms with E-state index in [9.17, 15) is 0 Å². The molecule has 1 aliphatic rings. The van der Waals surface area contributed by atoms with Crippen molar-refractivity contribution in [2.45, 2.75) is 35.0 Å². The Morgan fingerprint density at radius 1 is 1.33 bits per heavy atom. The molecule has 0 radical (unpaired) electrons. The largest absolute Gasteiger partial charge is 0.373 e. The average molecular weight is 279 g/mol. The molecule has 7 heteroatoms. The Balaban J connectivity index is 1.88. The molecule has 2 aromatic rings. The van der Waals surface area contributed by atoms with Gasteiger partial charge in [0.05, 0.1) is 0 Å². The molecule has 1 N–H and O–H groups in total. The van der Waals surface area contributed by atoms with Gasteiger partial charge in [-0.05, 0) is 31.5 Å². The monoisotopic (exact) mass is 279 g/mol. The van der Waals surface area contributed by atoms with Crippen LogP contribution < -0.4 is 5.32 Å². The zero-order valence-electron chi connectivity index (χ0n) is 10.2. The summed E-state index contributed by atoms with van der Waals surface area (Å²) in [5, 5.41) is 13.1. The lowest BCUT2D eigenvalue weighted by Gasteiger charge is -2.05. The molecular weight excluding hydrogens is 266 g/mol. The lowest BCUT2D eigenvalue weighted by Crippen LogP contribution is -2.00. The highest BCUT2D eigenvalue weighted by Gasteiger charge is 2.27. The molecule has 0 atom stereocenters. The molecule has 1 saturated carbocycles. The molecule has 94 valence electrons. The van der Waals surface area contributed by atoms with Crippen LogP contribution in [0.15, 0.2) is 15.4 Å². The van der Waals surface area contributed by atoms with Crippen LogP contribution in [0.2, 0.25) is 0 Å². The van der Waals surface area contributed by atoms with Gasteiger partial charge in [0.2, 0.25) is 0 Å². The molecule has 2 heterocycles. The standard InChI is InChI=1S/C11H13N5S2/c1-6-15-16-11(17-6)18-9-5-8(12-2)13-10(14-9)7-3-4-7/h5,7H,3-4H2,1-2H3,(H,12,13,14). The van der Waals surface area contributed by atoms with Gasteiger partial charge in [-0.1, -0.05) is 11.3 Å². The van der Waals surface area contributed by atoms with E-state index in [1.54, 1.807) is 23.1 Å². The van der Waals surface area contributed by atoms with Crippen molar-refractivity contribution in [3.8, 4) is 0 Å². The summed E-state index contributed by atoms with van der Waals surface area (Å²) in [4.78, 5) is 9.09. The summed E-state index contributed by atoms with van der Waals surface area (Å²) in [5.41, 5.74) is 0. The van der Waals surface area contributed by atoms with Crippen LogP contribution in [0.3, 0.4) is 0 Å². The van der Waals surface area contributed by atoms with E-state index in [0.29, 0.717) is 5.92 Å². The van der Waals surface area contributed by atoms with Crippen molar-refractivity contribution in [1.82, 2.24) is 20.2 Å². The highest BCUT2D eigenvalue weighted by atomic mass is 32.2. The molecule has 0 aliphatic heterocycles. The number of aryl methyl sites for hydroxylation is 1. The molecular formula is C11H13N5S2. The van der Waals surface area contributed by atoms with Crippen LogP contribution in [0.4, 0.5) is 5.82 Å². The van der Waals surface area contributed by atoms with Crippen LogP contribution in [-0.2, 0) is 0 Å². The fourth-order valence-corrected chi connectivity index (χ4v) is 3.33. The molecule has 0 saturated heterocycles. The van der Waals surface area contributed by atoms with E-state index in [1.807, 2.05) is 20.0 Å². The number of rotatable bonds is 4. The molecule has 0 spiro atoms. The summed E-state index contributed by atoms with van der Waals surface area (Å²) in [6, 6.07) is 1.95. The van der Waals surface area contributed by atoms with Gasteiger partial charge < -0.3 is 5.32 Å². The molecule has 5 nitrogen and oxygen atoms in total. The average Bonchev–Trinajstić information content (AvgIpc) is 3.14. The van der Waals surface area contributed by atoms with E-state index in [2.05, 4.69) is 25.5 Å². The highest BCUT2D eigenvalue weighted by molar-refractivity contribution is 8.01. The summed E-state index contributed by atoms with van der Waals surface area (Å²) < 4.78 is 0.926. The summed E-state index contributed by atoms with van der Waals surface area (Å²) in [5.74, 6) is 2.37. The Kier molecular flexibility index (Phi) is 3.17. The molecule has 2 aromatic heterocycles. The number of nitrogens with zero attached hydrogens (tertiary/aromatic N) is 4. The van der Waals surface area contributed by atoms with Gasteiger partial charge in [-0.3, -0.25) is 0 Å². The van der Waals surface area contributed by atoms with Crippen molar-refractivity contribution in [2.75, 3.05) is 12.4 Å². The minimum absolute atomic E-state index is 0.550. The Hall–Kier alpha value is -1.21. The number of anilines is 1. The second-order valence-corrected chi connectivity index (χ2v) is 6.61.